The summed E-state index contributed by atoms with van der Waals surface area (Å²) in [5, 5.41) is 12.5. The average molecular weight is 440 g/mol. The van der Waals surface area contributed by atoms with Crippen molar-refractivity contribution < 1.29 is 17.6 Å². The molecule has 0 saturated heterocycles. The number of fused-ring (bicyclic) bond motifs is 1. The molecular weight excluding hydrogens is 423 g/mol. The molecule has 9 nitrogen and oxygen atoms in total. The summed E-state index contributed by atoms with van der Waals surface area (Å²) in [6, 6.07) is 8.15. The number of hydrogen-bond acceptors (Lipinski definition) is 6. The van der Waals surface area contributed by atoms with Gasteiger partial charge in [0.2, 0.25) is 0 Å². The second-order valence-corrected chi connectivity index (χ2v) is 8.33. The fourth-order valence-electron chi connectivity index (χ4n) is 3.12. The van der Waals surface area contributed by atoms with E-state index in [9.17, 15) is 17.6 Å². The summed E-state index contributed by atoms with van der Waals surface area (Å²) in [4.78, 5) is 20.8. The zero-order chi connectivity index (χ0) is 22.2. The van der Waals surface area contributed by atoms with Crippen molar-refractivity contribution in [2.24, 2.45) is 5.14 Å². The first-order valence-corrected chi connectivity index (χ1v) is 10.7. The number of nitrogens with one attached hydrogen (secondary N) is 1. The lowest BCUT2D eigenvalue weighted by Gasteiger charge is -2.15. The molecule has 31 heavy (non-hydrogen) atoms. The number of carbonyl (C=O) groups is 1. The minimum absolute atomic E-state index is 0.282. The molecule has 3 N–H and O–H groups in total. The number of carbonyl (C=O) groups excluding carboxylic acids is 1. The number of hydrogen-bond donors (Lipinski definition) is 2. The number of amides is 1. The van der Waals surface area contributed by atoms with Crippen LogP contribution in [0.2, 0.25) is 0 Å². The van der Waals surface area contributed by atoms with Crippen molar-refractivity contribution in [3.05, 3.63) is 78.1 Å². The van der Waals surface area contributed by atoms with Crippen LogP contribution in [0.1, 0.15) is 28.9 Å². The van der Waals surface area contributed by atoms with E-state index in [-0.39, 0.29) is 10.8 Å². The molecule has 3 heterocycles. The maximum Gasteiger partial charge on any atom is 0.255 e. The smallest absolute Gasteiger partial charge is 0.255 e. The summed E-state index contributed by atoms with van der Waals surface area (Å²) >= 11 is 0. The monoisotopic (exact) mass is 440 g/mol. The minimum atomic E-state index is -3.96. The first kappa shape index (κ1) is 20.6. The van der Waals surface area contributed by atoms with Crippen molar-refractivity contribution >= 4 is 26.8 Å². The molecule has 11 heteroatoms. The second-order valence-electron chi connectivity index (χ2n) is 6.82. The second kappa shape index (κ2) is 7.85. The van der Waals surface area contributed by atoms with Crippen LogP contribution >= 0.6 is 0 Å². The van der Waals surface area contributed by atoms with Gasteiger partial charge in [-0.1, -0.05) is 0 Å². The Balaban J connectivity index is 1.63. The van der Waals surface area contributed by atoms with Crippen LogP contribution in [-0.2, 0) is 10.0 Å². The normalized spacial score (nSPS) is 12.6. The van der Waals surface area contributed by atoms with Crippen molar-refractivity contribution in [2.75, 3.05) is 0 Å². The van der Waals surface area contributed by atoms with Gasteiger partial charge in [-0.05, 0) is 48.9 Å². The zero-order valence-electron chi connectivity index (χ0n) is 16.2. The predicted molar refractivity (Wildman–Crippen MR) is 110 cm³/mol. The fraction of sp³-hybridized carbons (Fsp3) is 0.100. The fourth-order valence-corrected chi connectivity index (χ4v) is 3.63. The van der Waals surface area contributed by atoms with Gasteiger partial charge in [-0.2, -0.15) is 5.10 Å². The highest BCUT2D eigenvalue weighted by atomic mass is 32.2. The average Bonchev–Trinajstić information content (AvgIpc) is 3.18. The first-order chi connectivity index (χ1) is 14.7. The molecule has 1 amide bonds. The summed E-state index contributed by atoms with van der Waals surface area (Å²) in [5.41, 5.74) is 2.01. The number of sulfonamides is 1. The molecule has 0 radical (unpaired) electrons. The molecular formula is C20H17FN6O3S. The van der Waals surface area contributed by atoms with Crippen LogP contribution in [0.15, 0.2) is 66.2 Å². The Bertz CT molecular complexity index is 1390. The van der Waals surface area contributed by atoms with Crippen molar-refractivity contribution in [2.45, 2.75) is 18.0 Å². The number of pyridine rings is 2. The predicted octanol–water partition coefficient (Wildman–Crippen LogP) is 2.09. The summed E-state index contributed by atoms with van der Waals surface area (Å²) in [6.45, 7) is 1.70. The summed E-state index contributed by atoms with van der Waals surface area (Å²) in [6.07, 6.45) is 5.83. The zero-order valence-corrected chi connectivity index (χ0v) is 17.0. The van der Waals surface area contributed by atoms with Crippen molar-refractivity contribution in [1.82, 2.24) is 25.1 Å². The van der Waals surface area contributed by atoms with Crippen LogP contribution in [0.5, 0.6) is 0 Å². The number of aromatic nitrogens is 4. The molecule has 0 aliphatic heterocycles. The van der Waals surface area contributed by atoms with Crippen LogP contribution in [0.4, 0.5) is 4.39 Å². The SMILES string of the molecule is CC(NC(=O)c1cncc2c1cnn2-c1ccc(F)cc1)c1ccnc(S(N)(=O)=O)c1. The third-order valence-corrected chi connectivity index (χ3v) is 5.52. The Morgan fingerprint density at radius 2 is 1.90 bits per heavy atom. The van der Waals surface area contributed by atoms with Gasteiger partial charge in [-0.25, -0.2) is 27.6 Å². The van der Waals surface area contributed by atoms with Gasteiger partial charge in [0.1, 0.15) is 5.82 Å². The lowest BCUT2D eigenvalue weighted by Crippen LogP contribution is -2.27. The van der Waals surface area contributed by atoms with Crippen molar-refractivity contribution in [3.8, 4) is 5.69 Å². The number of halogens is 1. The van der Waals surface area contributed by atoms with E-state index in [1.807, 2.05) is 0 Å². The van der Waals surface area contributed by atoms with E-state index in [1.165, 1.54) is 36.8 Å². The van der Waals surface area contributed by atoms with E-state index in [4.69, 9.17) is 5.14 Å². The number of rotatable bonds is 5. The Kier molecular flexibility index (Phi) is 5.21. The van der Waals surface area contributed by atoms with E-state index in [0.29, 0.717) is 27.7 Å². The summed E-state index contributed by atoms with van der Waals surface area (Å²) in [7, 11) is -3.96. The maximum absolute atomic E-state index is 13.2. The lowest BCUT2D eigenvalue weighted by molar-refractivity contribution is 0.0941. The maximum atomic E-state index is 13.2. The van der Waals surface area contributed by atoms with Gasteiger partial charge in [0.05, 0.1) is 35.2 Å². The minimum Gasteiger partial charge on any atom is -0.345 e. The van der Waals surface area contributed by atoms with Crippen LogP contribution in [0.3, 0.4) is 0 Å². The third kappa shape index (κ3) is 4.13. The molecule has 158 valence electrons. The number of benzene rings is 1. The van der Waals surface area contributed by atoms with Crippen molar-refractivity contribution in [1.29, 1.82) is 0 Å². The van der Waals surface area contributed by atoms with Crippen LogP contribution < -0.4 is 10.5 Å². The molecule has 0 fully saturated rings. The molecule has 0 spiro atoms. The van der Waals surface area contributed by atoms with E-state index < -0.39 is 22.0 Å². The number of primary sulfonamides is 1. The molecule has 3 aromatic heterocycles. The molecule has 0 aliphatic rings. The topological polar surface area (TPSA) is 133 Å². The van der Waals surface area contributed by atoms with E-state index in [1.54, 1.807) is 36.0 Å². The Morgan fingerprint density at radius 3 is 2.61 bits per heavy atom. The Labute approximate surface area is 176 Å². The van der Waals surface area contributed by atoms with E-state index in [2.05, 4.69) is 20.4 Å². The van der Waals surface area contributed by atoms with Crippen LogP contribution in [0.25, 0.3) is 16.6 Å². The number of nitrogens with zero attached hydrogens (tertiary/aromatic N) is 4. The van der Waals surface area contributed by atoms with E-state index >= 15 is 0 Å². The van der Waals surface area contributed by atoms with Gasteiger partial charge in [0, 0.05) is 17.8 Å². The highest BCUT2D eigenvalue weighted by molar-refractivity contribution is 7.89. The Morgan fingerprint density at radius 1 is 1.16 bits per heavy atom. The largest absolute Gasteiger partial charge is 0.345 e. The molecule has 1 unspecified atom stereocenters. The Hall–Kier alpha value is -3.70. The summed E-state index contributed by atoms with van der Waals surface area (Å²) in [5.74, 6) is -0.785. The van der Waals surface area contributed by atoms with E-state index in [0.717, 1.165) is 0 Å². The summed E-state index contributed by atoms with van der Waals surface area (Å²) < 4.78 is 37.8. The number of nitrogens with two attached hydrogens (primary N) is 1. The van der Waals surface area contributed by atoms with Crippen LogP contribution in [-0.4, -0.2) is 34.1 Å². The molecule has 4 rings (SSSR count). The van der Waals surface area contributed by atoms with Gasteiger partial charge in [0.15, 0.2) is 5.03 Å². The van der Waals surface area contributed by atoms with Gasteiger partial charge >= 0.3 is 0 Å². The van der Waals surface area contributed by atoms with Gasteiger partial charge in [-0.3, -0.25) is 9.78 Å². The van der Waals surface area contributed by atoms with Crippen LogP contribution in [0, 0.1) is 5.82 Å². The molecule has 4 aromatic rings. The van der Waals surface area contributed by atoms with Gasteiger partial charge in [0.25, 0.3) is 15.9 Å². The molecule has 0 aliphatic carbocycles. The quantitative estimate of drug-likeness (QED) is 0.488. The van der Waals surface area contributed by atoms with Crippen molar-refractivity contribution in [3.63, 3.8) is 0 Å². The molecule has 0 saturated carbocycles. The lowest BCUT2D eigenvalue weighted by atomic mass is 10.1. The third-order valence-electron chi connectivity index (χ3n) is 4.71. The highest BCUT2D eigenvalue weighted by Crippen LogP contribution is 2.22. The standard InChI is InChI=1S/C20H17FN6O3S/c1-12(13-6-7-24-19(8-13)31(22,29)30)26-20(28)17-9-23-11-18-16(17)10-25-27(18)15-4-2-14(21)3-5-15/h2-12H,1H3,(H,26,28)(H2,22,29,30). The van der Waals surface area contributed by atoms with Gasteiger partial charge in [-0.15, -0.1) is 0 Å². The first-order valence-electron chi connectivity index (χ1n) is 9.11. The molecule has 1 atom stereocenters. The highest BCUT2D eigenvalue weighted by Gasteiger charge is 2.19. The van der Waals surface area contributed by atoms with Gasteiger partial charge < -0.3 is 5.32 Å². The molecule has 0 bridgehead atoms. The molecule has 1 aromatic carbocycles.